The first-order valence-corrected chi connectivity index (χ1v) is 13.6. The van der Waals surface area contributed by atoms with E-state index < -0.39 is 6.16 Å². The third-order valence-corrected chi connectivity index (χ3v) is 6.68. The second-order valence-corrected chi connectivity index (χ2v) is 10.4. The van der Waals surface area contributed by atoms with Crippen molar-refractivity contribution in [3.05, 3.63) is 89.5 Å². The van der Waals surface area contributed by atoms with Crippen molar-refractivity contribution in [1.29, 1.82) is 0 Å². The number of nitrogens with one attached hydrogen (secondary N) is 1. The van der Waals surface area contributed by atoms with Crippen LogP contribution in [-0.4, -0.2) is 104 Å². The number of rotatable bonds is 11. The third-order valence-electron chi connectivity index (χ3n) is 6.68. The Morgan fingerprint density at radius 3 is 2.07 bits per heavy atom. The van der Waals surface area contributed by atoms with Crippen LogP contribution in [0, 0.1) is 0 Å². The molecule has 0 radical (unpaired) electrons. The van der Waals surface area contributed by atoms with Gasteiger partial charge in [-0.2, -0.15) is 0 Å². The number of aromatic nitrogens is 1. The Labute approximate surface area is 245 Å². The Bertz CT molecular complexity index is 1530. The van der Waals surface area contributed by atoms with E-state index in [1.54, 1.807) is 42.5 Å². The molecular weight excluding hydrogens is 534 g/mol. The van der Waals surface area contributed by atoms with E-state index >= 15 is 0 Å². The molecule has 1 heterocycles. The molecule has 2 N–H and O–H groups in total. The molecule has 0 bridgehead atoms. The Morgan fingerprint density at radius 1 is 0.833 bits per heavy atom. The third kappa shape index (κ3) is 7.54. The highest BCUT2D eigenvalue weighted by atomic mass is 16.7. The van der Waals surface area contributed by atoms with Crippen LogP contribution in [0.5, 0.6) is 11.6 Å². The Hall–Kier alpha value is -4.67. The average Bonchev–Trinajstić information content (AvgIpc) is 3.30. The lowest BCUT2D eigenvalue weighted by atomic mass is 10.0. The fourth-order valence-corrected chi connectivity index (χ4v) is 4.41. The number of likely N-dealkylation sites (N-methyl/N-ethyl adjacent to an activating group) is 2. The van der Waals surface area contributed by atoms with Crippen molar-refractivity contribution in [2.75, 3.05) is 61.5 Å². The molecule has 0 aliphatic carbocycles. The molecule has 42 heavy (non-hydrogen) atoms. The van der Waals surface area contributed by atoms with Crippen LogP contribution in [0.2, 0.25) is 0 Å². The van der Waals surface area contributed by atoms with Gasteiger partial charge in [-0.05, 0) is 64.6 Å². The Kier molecular flexibility index (Phi) is 9.95. The van der Waals surface area contributed by atoms with Crippen molar-refractivity contribution in [2.24, 2.45) is 4.99 Å². The van der Waals surface area contributed by atoms with Crippen molar-refractivity contribution in [3.63, 3.8) is 0 Å². The minimum atomic E-state index is -0.836. The summed E-state index contributed by atoms with van der Waals surface area (Å²) >= 11 is 0. The van der Waals surface area contributed by atoms with Crippen molar-refractivity contribution >= 4 is 34.4 Å². The maximum absolute atomic E-state index is 13.4. The highest BCUT2D eigenvalue weighted by molar-refractivity contribution is 6.22. The van der Waals surface area contributed by atoms with Crippen LogP contribution in [0.4, 0.5) is 10.5 Å². The molecule has 1 amide bonds. The van der Waals surface area contributed by atoms with Gasteiger partial charge >= 0.3 is 6.16 Å². The maximum atomic E-state index is 13.4. The topological polar surface area (TPSA) is 111 Å². The highest BCUT2D eigenvalue weighted by Gasteiger charge is 2.20. The van der Waals surface area contributed by atoms with E-state index in [1.807, 2.05) is 63.4 Å². The van der Waals surface area contributed by atoms with E-state index in [4.69, 9.17) is 9.73 Å². The van der Waals surface area contributed by atoms with Gasteiger partial charge in [-0.15, -0.1) is 0 Å². The summed E-state index contributed by atoms with van der Waals surface area (Å²) in [7, 11) is 9.20. The molecule has 1 aromatic heterocycles. The normalized spacial score (nSPS) is 11.7. The molecule has 0 aliphatic rings. The molecular formula is C32H37N5O5. The Morgan fingerprint density at radius 2 is 1.48 bits per heavy atom. The number of aliphatic imine (C=N–C) groups is 1. The van der Waals surface area contributed by atoms with Crippen LogP contribution >= 0.6 is 0 Å². The van der Waals surface area contributed by atoms with Crippen LogP contribution in [0.25, 0.3) is 10.9 Å². The van der Waals surface area contributed by atoms with Gasteiger partial charge in [-0.1, -0.05) is 30.3 Å². The number of hydrogen-bond acceptors (Lipinski definition) is 8. The standard InChI is InChI=1S/C32H37N5O5/c1-35(2)17-19-37(20-18-36(3)4)31(39)23-11-13-24(14-12-23)33-29(22-9-7-6-8-10-22)28-26-16-15-25(42-32(40)41-5)21-27(26)34-30(28)38/h6-16,21,34,38H,17-20H2,1-5H3. The largest absolute Gasteiger partial charge is 0.513 e. The summed E-state index contributed by atoms with van der Waals surface area (Å²) in [4.78, 5) is 38.8. The number of benzene rings is 3. The van der Waals surface area contributed by atoms with E-state index in [1.165, 1.54) is 7.11 Å². The number of carbonyl (C=O) groups excluding carboxylic acids is 2. The monoisotopic (exact) mass is 571 g/mol. The average molecular weight is 572 g/mol. The molecule has 10 nitrogen and oxygen atoms in total. The van der Waals surface area contributed by atoms with Crippen LogP contribution < -0.4 is 4.74 Å². The molecule has 0 aliphatic heterocycles. The van der Waals surface area contributed by atoms with Gasteiger partial charge in [0, 0.05) is 48.8 Å². The van der Waals surface area contributed by atoms with Gasteiger partial charge in [-0.3, -0.25) is 4.79 Å². The second kappa shape index (κ2) is 13.8. The number of H-pyrrole nitrogens is 1. The molecule has 0 saturated carbocycles. The summed E-state index contributed by atoms with van der Waals surface area (Å²) in [5, 5.41) is 11.7. The van der Waals surface area contributed by atoms with Crippen LogP contribution in [0.15, 0.2) is 77.8 Å². The molecule has 0 unspecified atom stereocenters. The summed E-state index contributed by atoms with van der Waals surface area (Å²) in [6.45, 7) is 2.80. The molecule has 4 rings (SSSR count). The number of aromatic amines is 1. The molecule has 10 heteroatoms. The smallest absolute Gasteiger partial charge is 0.494 e. The summed E-state index contributed by atoms with van der Waals surface area (Å²) in [5.74, 6) is 0.162. The quantitative estimate of drug-likeness (QED) is 0.152. The first-order chi connectivity index (χ1) is 20.2. The molecule has 0 atom stereocenters. The van der Waals surface area contributed by atoms with E-state index in [0.717, 1.165) is 18.7 Å². The van der Waals surface area contributed by atoms with Crippen LogP contribution in [-0.2, 0) is 4.74 Å². The van der Waals surface area contributed by atoms with Crippen molar-refractivity contribution in [1.82, 2.24) is 19.7 Å². The number of hydrogen-bond donors (Lipinski definition) is 2. The van der Waals surface area contributed by atoms with Gasteiger partial charge in [0.25, 0.3) is 5.91 Å². The fourth-order valence-electron chi connectivity index (χ4n) is 4.41. The summed E-state index contributed by atoms with van der Waals surface area (Å²) < 4.78 is 9.70. The first-order valence-electron chi connectivity index (χ1n) is 13.6. The second-order valence-electron chi connectivity index (χ2n) is 10.4. The lowest BCUT2D eigenvalue weighted by Crippen LogP contribution is -2.40. The number of fused-ring (bicyclic) bond motifs is 1. The first kappa shape index (κ1) is 30.3. The maximum Gasteiger partial charge on any atom is 0.513 e. The van der Waals surface area contributed by atoms with Crippen LogP contribution in [0.1, 0.15) is 21.5 Å². The van der Waals surface area contributed by atoms with E-state index in [2.05, 4.69) is 19.5 Å². The lowest BCUT2D eigenvalue weighted by molar-refractivity contribution is 0.0733. The predicted molar refractivity (Wildman–Crippen MR) is 164 cm³/mol. The minimum Gasteiger partial charge on any atom is -0.494 e. The number of aromatic hydroxyl groups is 1. The van der Waals surface area contributed by atoms with Crippen molar-refractivity contribution in [2.45, 2.75) is 0 Å². The lowest BCUT2D eigenvalue weighted by Gasteiger charge is -2.26. The number of methoxy groups -OCH3 is 1. The number of ether oxygens (including phenoxy) is 2. The molecule has 4 aromatic rings. The summed E-state index contributed by atoms with van der Waals surface area (Å²) in [6, 6.07) is 21.7. The van der Waals surface area contributed by atoms with Gasteiger partial charge in [-0.25, -0.2) is 9.79 Å². The zero-order chi connectivity index (χ0) is 30.2. The number of nitrogens with zero attached hydrogens (tertiary/aromatic N) is 4. The molecule has 220 valence electrons. The fraction of sp³-hybridized carbons (Fsp3) is 0.281. The molecule has 3 aromatic carbocycles. The van der Waals surface area contributed by atoms with E-state index in [-0.39, 0.29) is 17.5 Å². The van der Waals surface area contributed by atoms with Gasteiger partial charge < -0.3 is 34.3 Å². The SMILES string of the molecule is COC(=O)Oc1ccc2c(C(=Nc3ccc(C(=O)N(CCN(C)C)CCN(C)C)cc3)c3ccccc3)c(O)[nH]c2c1. The van der Waals surface area contributed by atoms with Gasteiger partial charge in [0.1, 0.15) is 5.75 Å². The van der Waals surface area contributed by atoms with E-state index in [9.17, 15) is 14.7 Å². The highest BCUT2D eigenvalue weighted by Crippen LogP contribution is 2.33. The Balaban J connectivity index is 1.69. The van der Waals surface area contributed by atoms with Gasteiger partial charge in [0.15, 0.2) is 5.88 Å². The zero-order valence-corrected chi connectivity index (χ0v) is 24.6. The zero-order valence-electron chi connectivity index (χ0n) is 24.6. The number of amides is 1. The molecule has 0 saturated heterocycles. The van der Waals surface area contributed by atoms with Crippen molar-refractivity contribution in [3.8, 4) is 11.6 Å². The van der Waals surface area contributed by atoms with Crippen LogP contribution in [0.3, 0.4) is 0 Å². The van der Waals surface area contributed by atoms with Gasteiger partial charge in [0.2, 0.25) is 0 Å². The van der Waals surface area contributed by atoms with E-state index in [0.29, 0.717) is 46.5 Å². The minimum absolute atomic E-state index is 0.0308. The predicted octanol–water partition coefficient (Wildman–Crippen LogP) is 4.75. The van der Waals surface area contributed by atoms with Crippen molar-refractivity contribution < 1.29 is 24.2 Å². The van der Waals surface area contributed by atoms with Gasteiger partial charge in [0.05, 0.1) is 29.6 Å². The summed E-state index contributed by atoms with van der Waals surface area (Å²) in [6.07, 6.45) is -0.836. The molecule has 0 fully saturated rings. The summed E-state index contributed by atoms with van der Waals surface area (Å²) in [5.41, 5.74) is 3.60. The number of carbonyl (C=O) groups is 2. The molecule has 0 spiro atoms.